The fourth-order valence-electron chi connectivity index (χ4n) is 3.47. The molecule has 136 valence electrons. The van der Waals surface area contributed by atoms with Gasteiger partial charge in [-0.25, -0.2) is 4.98 Å². The molecule has 0 N–H and O–H groups in total. The molecule has 0 fully saturated rings. The Hall–Kier alpha value is -2.10. The fourth-order valence-corrected chi connectivity index (χ4v) is 3.47. The molecular weight excluding hydrogens is 310 g/mol. The summed E-state index contributed by atoms with van der Waals surface area (Å²) in [4.78, 5) is 11.5. The zero-order valence-electron chi connectivity index (χ0n) is 16.9. The highest BCUT2D eigenvalue weighted by Gasteiger charge is 2.20. The minimum atomic E-state index is 0.462. The predicted octanol–water partition coefficient (Wildman–Crippen LogP) is 5.44. The van der Waals surface area contributed by atoms with Crippen LogP contribution in [0.2, 0.25) is 0 Å². The van der Waals surface area contributed by atoms with Gasteiger partial charge in [0.05, 0.1) is 5.56 Å². The lowest BCUT2D eigenvalue weighted by Gasteiger charge is -2.29. The van der Waals surface area contributed by atoms with Crippen molar-refractivity contribution < 1.29 is 4.74 Å². The van der Waals surface area contributed by atoms with Gasteiger partial charge in [-0.1, -0.05) is 31.5 Å². The predicted molar refractivity (Wildman–Crippen MR) is 105 cm³/mol. The van der Waals surface area contributed by atoms with Crippen LogP contribution in [0.1, 0.15) is 54.8 Å². The number of nitrogens with zero attached hydrogens (tertiary/aromatic N) is 3. The summed E-state index contributed by atoms with van der Waals surface area (Å²) in [6.45, 7) is 14.7. The smallest absolute Gasteiger partial charge is 0.227 e. The highest BCUT2D eigenvalue weighted by Crippen LogP contribution is 2.33. The van der Waals surface area contributed by atoms with Gasteiger partial charge in [0.25, 0.3) is 0 Å². The average Bonchev–Trinajstić information content (AvgIpc) is 2.54. The Morgan fingerprint density at radius 2 is 1.52 bits per heavy atom. The van der Waals surface area contributed by atoms with Gasteiger partial charge in [-0.2, -0.15) is 4.98 Å². The molecule has 25 heavy (non-hydrogen) atoms. The minimum Gasteiger partial charge on any atom is -0.438 e. The van der Waals surface area contributed by atoms with Gasteiger partial charge in [-0.05, 0) is 58.6 Å². The summed E-state index contributed by atoms with van der Waals surface area (Å²) in [5.41, 5.74) is 4.48. The number of benzene rings is 1. The number of hydrogen-bond acceptors (Lipinski definition) is 4. The second kappa shape index (κ2) is 7.85. The van der Waals surface area contributed by atoms with Crippen LogP contribution >= 0.6 is 0 Å². The van der Waals surface area contributed by atoms with Crippen LogP contribution in [0.5, 0.6) is 11.6 Å². The molecule has 0 aliphatic rings. The van der Waals surface area contributed by atoms with Crippen molar-refractivity contribution in [2.24, 2.45) is 0 Å². The van der Waals surface area contributed by atoms with Crippen molar-refractivity contribution in [2.45, 2.75) is 67.3 Å². The first kappa shape index (κ1) is 19.2. The Balaban J connectivity index is 2.47. The molecule has 0 bridgehead atoms. The monoisotopic (exact) mass is 341 g/mol. The van der Waals surface area contributed by atoms with Crippen LogP contribution in [0.15, 0.2) is 12.1 Å². The van der Waals surface area contributed by atoms with Crippen LogP contribution in [0.25, 0.3) is 0 Å². The van der Waals surface area contributed by atoms with Crippen molar-refractivity contribution in [2.75, 3.05) is 11.9 Å². The maximum absolute atomic E-state index is 6.27. The van der Waals surface area contributed by atoms with Gasteiger partial charge in [-0.15, -0.1) is 0 Å². The molecule has 1 heterocycles. The Bertz CT molecular complexity index is 728. The summed E-state index contributed by atoms with van der Waals surface area (Å²) in [5.74, 6) is 3.23. The fraction of sp³-hybridized carbons (Fsp3) is 0.524. The Labute approximate surface area is 152 Å². The molecule has 4 heteroatoms. The Morgan fingerprint density at radius 3 is 2.04 bits per heavy atom. The molecular formula is C21H31N3O. The van der Waals surface area contributed by atoms with Gasteiger partial charge in [0.1, 0.15) is 17.4 Å². The van der Waals surface area contributed by atoms with E-state index in [4.69, 9.17) is 4.74 Å². The number of hydrogen-bond donors (Lipinski definition) is 0. The van der Waals surface area contributed by atoms with E-state index in [1.807, 2.05) is 13.8 Å². The van der Waals surface area contributed by atoms with E-state index in [9.17, 15) is 0 Å². The average molecular weight is 341 g/mol. The lowest BCUT2D eigenvalue weighted by atomic mass is 10.1. The van der Waals surface area contributed by atoms with Crippen LogP contribution in [-0.4, -0.2) is 23.1 Å². The topological polar surface area (TPSA) is 38.2 Å². The van der Waals surface area contributed by atoms with Crippen LogP contribution < -0.4 is 9.64 Å². The molecule has 4 nitrogen and oxygen atoms in total. The SMILES string of the molecule is CCC(CC)N(C)c1nc(C)nc(Oc2c(C)cc(C)cc2C)c1C. The molecule has 0 saturated heterocycles. The first-order valence-electron chi connectivity index (χ1n) is 9.12. The van der Waals surface area contributed by atoms with E-state index in [0.29, 0.717) is 11.9 Å². The number of rotatable bonds is 6. The van der Waals surface area contributed by atoms with Crippen LogP contribution in [0, 0.1) is 34.6 Å². The van der Waals surface area contributed by atoms with Gasteiger partial charge < -0.3 is 9.64 Å². The summed E-state index contributed by atoms with van der Waals surface area (Å²) >= 11 is 0. The van der Waals surface area contributed by atoms with E-state index in [1.165, 1.54) is 5.56 Å². The second-order valence-electron chi connectivity index (χ2n) is 6.94. The van der Waals surface area contributed by atoms with Crippen LogP contribution in [-0.2, 0) is 0 Å². The van der Waals surface area contributed by atoms with Crippen molar-refractivity contribution in [1.29, 1.82) is 0 Å². The maximum atomic E-state index is 6.27. The standard InChI is InChI=1S/C21H31N3O/c1-9-18(10-2)24(8)20-16(6)21(23-17(7)22-20)25-19-14(4)11-13(3)12-15(19)5/h11-12,18H,9-10H2,1-8H3. The Morgan fingerprint density at radius 1 is 0.960 bits per heavy atom. The largest absolute Gasteiger partial charge is 0.438 e. The van der Waals surface area contributed by atoms with Gasteiger partial charge in [0.2, 0.25) is 5.88 Å². The lowest BCUT2D eigenvalue weighted by molar-refractivity contribution is 0.447. The molecule has 1 aromatic heterocycles. The summed E-state index contributed by atoms with van der Waals surface area (Å²) in [6.07, 6.45) is 2.17. The molecule has 0 saturated carbocycles. The van der Waals surface area contributed by atoms with Crippen molar-refractivity contribution in [3.05, 3.63) is 40.2 Å². The molecule has 0 amide bonds. The highest BCUT2D eigenvalue weighted by atomic mass is 16.5. The lowest BCUT2D eigenvalue weighted by Crippen LogP contribution is -2.32. The third kappa shape index (κ3) is 4.12. The highest BCUT2D eigenvalue weighted by molar-refractivity contribution is 5.53. The molecule has 2 rings (SSSR count). The molecule has 1 aromatic carbocycles. The van der Waals surface area contributed by atoms with Gasteiger partial charge in [0.15, 0.2) is 0 Å². The van der Waals surface area contributed by atoms with Crippen molar-refractivity contribution >= 4 is 5.82 Å². The minimum absolute atomic E-state index is 0.462. The molecule has 0 aliphatic carbocycles. The summed E-state index contributed by atoms with van der Waals surface area (Å²) in [5, 5.41) is 0. The van der Waals surface area contributed by atoms with Crippen molar-refractivity contribution in [3.63, 3.8) is 0 Å². The van der Waals surface area contributed by atoms with E-state index < -0.39 is 0 Å². The van der Waals surface area contributed by atoms with Crippen molar-refractivity contribution in [3.8, 4) is 11.6 Å². The van der Waals surface area contributed by atoms with Gasteiger partial charge in [-0.3, -0.25) is 0 Å². The van der Waals surface area contributed by atoms with Crippen LogP contribution in [0.4, 0.5) is 5.82 Å². The third-order valence-corrected chi connectivity index (χ3v) is 4.81. The number of anilines is 1. The molecule has 0 spiro atoms. The number of aryl methyl sites for hydroxylation is 4. The van der Waals surface area contributed by atoms with E-state index >= 15 is 0 Å². The Kier molecular flexibility index (Phi) is 6.04. The van der Waals surface area contributed by atoms with E-state index in [1.54, 1.807) is 0 Å². The molecule has 2 aromatic rings. The molecule has 0 unspecified atom stereocenters. The number of ether oxygens (including phenoxy) is 1. The normalized spacial score (nSPS) is 11.1. The molecule has 0 aliphatic heterocycles. The van der Waals surface area contributed by atoms with Gasteiger partial charge >= 0.3 is 0 Å². The zero-order valence-corrected chi connectivity index (χ0v) is 16.9. The summed E-state index contributed by atoms with van der Waals surface area (Å²) < 4.78 is 6.27. The van der Waals surface area contributed by atoms with Crippen LogP contribution in [0.3, 0.4) is 0 Å². The first-order chi connectivity index (χ1) is 11.8. The molecule has 0 radical (unpaired) electrons. The van der Waals surface area contributed by atoms with E-state index in [2.05, 4.69) is 68.7 Å². The molecule has 0 atom stereocenters. The van der Waals surface area contributed by atoms with Crippen molar-refractivity contribution in [1.82, 2.24) is 9.97 Å². The van der Waals surface area contributed by atoms with E-state index in [-0.39, 0.29) is 0 Å². The maximum Gasteiger partial charge on any atom is 0.227 e. The zero-order chi connectivity index (χ0) is 18.7. The third-order valence-electron chi connectivity index (χ3n) is 4.81. The number of aromatic nitrogens is 2. The first-order valence-corrected chi connectivity index (χ1v) is 9.12. The second-order valence-corrected chi connectivity index (χ2v) is 6.94. The quantitative estimate of drug-likeness (QED) is 0.701. The summed E-state index contributed by atoms with van der Waals surface area (Å²) in [7, 11) is 2.11. The van der Waals surface area contributed by atoms with Gasteiger partial charge in [0, 0.05) is 13.1 Å². The van der Waals surface area contributed by atoms with E-state index in [0.717, 1.165) is 46.9 Å². The summed E-state index contributed by atoms with van der Waals surface area (Å²) in [6, 6.07) is 4.75.